The van der Waals surface area contributed by atoms with Crippen LogP contribution in [-0.4, -0.2) is 53.8 Å². The van der Waals surface area contributed by atoms with Gasteiger partial charge in [-0.2, -0.15) is 0 Å². The van der Waals surface area contributed by atoms with Gasteiger partial charge in [-0.15, -0.1) is 21.8 Å². The summed E-state index contributed by atoms with van der Waals surface area (Å²) in [6.07, 6.45) is -0.0398. The van der Waals surface area contributed by atoms with Gasteiger partial charge in [0.15, 0.2) is 0 Å². The van der Waals surface area contributed by atoms with E-state index in [9.17, 15) is 4.79 Å². The number of aromatic nitrogens is 2. The van der Waals surface area contributed by atoms with Crippen molar-refractivity contribution in [2.45, 2.75) is 18.4 Å². The number of ether oxygens (including phenoxy) is 1. The highest BCUT2D eigenvalue weighted by atomic mass is 35.5. The molecular weight excluding hydrogens is 276 g/mol. The van der Waals surface area contributed by atoms with Crippen LogP contribution in [0, 0.1) is 0 Å². The number of hydrogen-bond acceptors (Lipinski definition) is 6. The fourth-order valence-electron chi connectivity index (χ4n) is 1.68. The molecule has 100 valence electrons. The first-order valence-electron chi connectivity index (χ1n) is 5.71. The lowest BCUT2D eigenvalue weighted by Gasteiger charge is -2.32. The molecule has 0 radical (unpaired) electrons. The average molecular weight is 291 g/mol. The fraction of sp³-hybridized carbons (Fsp3) is 0.700. The number of rotatable bonds is 4. The van der Waals surface area contributed by atoms with Gasteiger partial charge in [0.1, 0.15) is 10.9 Å². The first-order chi connectivity index (χ1) is 8.66. The van der Waals surface area contributed by atoms with Crippen LogP contribution in [0.5, 0.6) is 0 Å². The number of carbonyl (C=O) groups is 1. The predicted molar refractivity (Wildman–Crippen MR) is 70.2 cm³/mol. The zero-order valence-electron chi connectivity index (χ0n) is 10.0. The van der Waals surface area contributed by atoms with Gasteiger partial charge in [0.25, 0.3) is 0 Å². The molecule has 1 aromatic rings. The summed E-state index contributed by atoms with van der Waals surface area (Å²) in [6, 6.07) is 0. The van der Waals surface area contributed by atoms with Gasteiger partial charge in [0, 0.05) is 19.6 Å². The minimum atomic E-state index is -0.521. The third-order valence-electron chi connectivity index (χ3n) is 2.62. The number of hydrogen-bond donors (Lipinski definition) is 1. The number of nitrogens with one attached hydrogen (secondary N) is 1. The summed E-state index contributed by atoms with van der Waals surface area (Å²) >= 11 is 7.18. The molecule has 2 heterocycles. The van der Waals surface area contributed by atoms with Crippen LogP contribution >= 0.6 is 22.9 Å². The number of nitrogens with zero attached hydrogens (tertiary/aromatic N) is 3. The Bertz CT molecular complexity index is 387. The summed E-state index contributed by atoms with van der Waals surface area (Å²) < 4.78 is 5.59. The second-order valence-electron chi connectivity index (χ2n) is 4.02. The number of amides is 1. The highest BCUT2D eigenvalue weighted by Crippen LogP contribution is 2.18. The fourth-order valence-corrected chi connectivity index (χ4v) is 2.35. The van der Waals surface area contributed by atoms with E-state index < -0.39 is 5.38 Å². The van der Waals surface area contributed by atoms with Gasteiger partial charge < -0.3 is 15.0 Å². The average Bonchev–Trinajstić information content (AvgIpc) is 2.90. The SMILES string of the molecule is CC(Cl)C(=O)NCC1CN(c2nncs2)CCO1. The molecule has 1 amide bonds. The topological polar surface area (TPSA) is 67.4 Å². The molecule has 18 heavy (non-hydrogen) atoms. The van der Waals surface area contributed by atoms with E-state index in [4.69, 9.17) is 16.3 Å². The van der Waals surface area contributed by atoms with Crippen LogP contribution in [0.15, 0.2) is 5.51 Å². The monoisotopic (exact) mass is 290 g/mol. The summed E-state index contributed by atoms with van der Waals surface area (Å²) in [5, 5.41) is 11.0. The molecule has 2 atom stereocenters. The third-order valence-corrected chi connectivity index (χ3v) is 3.57. The van der Waals surface area contributed by atoms with E-state index in [1.165, 1.54) is 11.3 Å². The van der Waals surface area contributed by atoms with Crippen LogP contribution in [0.25, 0.3) is 0 Å². The number of halogens is 1. The summed E-state index contributed by atoms with van der Waals surface area (Å²) in [7, 11) is 0. The lowest BCUT2D eigenvalue weighted by Crippen LogP contribution is -2.48. The maximum atomic E-state index is 11.4. The van der Waals surface area contributed by atoms with E-state index in [1.807, 2.05) is 0 Å². The van der Waals surface area contributed by atoms with Crippen molar-refractivity contribution in [3.05, 3.63) is 5.51 Å². The summed E-state index contributed by atoms with van der Waals surface area (Å²) in [6.45, 7) is 4.23. The van der Waals surface area contributed by atoms with Crippen LogP contribution in [0.1, 0.15) is 6.92 Å². The van der Waals surface area contributed by atoms with Gasteiger partial charge in [0.05, 0.1) is 12.7 Å². The van der Waals surface area contributed by atoms with Gasteiger partial charge in [-0.05, 0) is 6.92 Å². The Balaban J connectivity index is 1.82. The smallest absolute Gasteiger partial charge is 0.237 e. The van der Waals surface area contributed by atoms with E-state index in [-0.39, 0.29) is 12.0 Å². The molecule has 0 aliphatic carbocycles. The molecule has 1 N–H and O–H groups in total. The minimum absolute atomic E-state index is 0.0398. The second-order valence-corrected chi connectivity index (χ2v) is 5.49. The van der Waals surface area contributed by atoms with Crippen molar-refractivity contribution in [1.82, 2.24) is 15.5 Å². The molecule has 2 unspecified atom stereocenters. The zero-order valence-corrected chi connectivity index (χ0v) is 11.6. The van der Waals surface area contributed by atoms with Crippen molar-refractivity contribution in [3.63, 3.8) is 0 Å². The Morgan fingerprint density at radius 3 is 3.33 bits per heavy atom. The lowest BCUT2D eigenvalue weighted by molar-refractivity contribution is -0.121. The molecule has 0 saturated carbocycles. The van der Waals surface area contributed by atoms with E-state index in [0.717, 1.165) is 11.7 Å². The Morgan fingerprint density at radius 1 is 1.83 bits per heavy atom. The quantitative estimate of drug-likeness (QED) is 0.818. The maximum Gasteiger partial charge on any atom is 0.237 e. The highest BCUT2D eigenvalue weighted by Gasteiger charge is 2.23. The van der Waals surface area contributed by atoms with Gasteiger partial charge >= 0.3 is 0 Å². The molecular formula is C10H15ClN4O2S. The van der Waals surface area contributed by atoms with Gasteiger partial charge in [-0.3, -0.25) is 4.79 Å². The molecule has 8 heteroatoms. The van der Waals surface area contributed by atoms with Crippen LogP contribution in [0.2, 0.25) is 0 Å². The molecule has 1 aliphatic heterocycles. The van der Waals surface area contributed by atoms with E-state index in [1.54, 1.807) is 12.4 Å². The van der Waals surface area contributed by atoms with Gasteiger partial charge in [0.2, 0.25) is 11.0 Å². The van der Waals surface area contributed by atoms with Crippen LogP contribution < -0.4 is 10.2 Å². The molecule has 1 aliphatic rings. The Morgan fingerprint density at radius 2 is 2.67 bits per heavy atom. The molecule has 1 saturated heterocycles. The van der Waals surface area contributed by atoms with Crippen LogP contribution in [0.3, 0.4) is 0 Å². The normalized spacial score (nSPS) is 21.7. The summed E-state index contributed by atoms with van der Waals surface area (Å²) in [4.78, 5) is 13.5. The Kier molecular flexibility index (Phi) is 4.73. The van der Waals surface area contributed by atoms with E-state index >= 15 is 0 Å². The third kappa shape index (κ3) is 3.54. The molecule has 0 bridgehead atoms. The zero-order chi connectivity index (χ0) is 13.0. The second kappa shape index (κ2) is 6.31. The first kappa shape index (κ1) is 13.5. The first-order valence-corrected chi connectivity index (χ1v) is 7.03. The molecule has 0 aromatic carbocycles. The molecule has 0 spiro atoms. The molecule has 2 rings (SSSR count). The number of anilines is 1. The van der Waals surface area contributed by atoms with Crippen LogP contribution in [0.4, 0.5) is 5.13 Å². The van der Waals surface area contributed by atoms with Crippen LogP contribution in [-0.2, 0) is 9.53 Å². The van der Waals surface area contributed by atoms with Crippen molar-refractivity contribution in [2.24, 2.45) is 0 Å². The van der Waals surface area contributed by atoms with Crippen molar-refractivity contribution >= 4 is 34.0 Å². The van der Waals surface area contributed by atoms with Crippen molar-refractivity contribution < 1.29 is 9.53 Å². The Hall–Kier alpha value is -0.920. The lowest BCUT2D eigenvalue weighted by atomic mass is 10.2. The molecule has 6 nitrogen and oxygen atoms in total. The molecule has 1 fully saturated rings. The van der Waals surface area contributed by atoms with E-state index in [0.29, 0.717) is 19.7 Å². The van der Waals surface area contributed by atoms with Crippen molar-refractivity contribution in [3.8, 4) is 0 Å². The standard InChI is InChI=1S/C10H15ClN4O2S/c1-7(11)9(16)12-4-8-5-15(2-3-17-8)10-14-13-6-18-10/h6-8H,2-5H2,1H3,(H,12,16). The number of carbonyl (C=O) groups excluding carboxylic acids is 1. The van der Waals surface area contributed by atoms with E-state index in [2.05, 4.69) is 20.4 Å². The number of alkyl halides is 1. The summed E-state index contributed by atoms with van der Waals surface area (Å²) in [5.74, 6) is -0.173. The molecule has 1 aromatic heterocycles. The van der Waals surface area contributed by atoms with Gasteiger partial charge in [-0.1, -0.05) is 11.3 Å². The maximum absolute atomic E-state index is 11.4. The highest BCUT2D eigenvalue weighted by molar-refractivity contribution is 7.13. The Labute approximate surface area is 114 Å². The van der Waals surface area contributed by atoms with Gasteiger partial charge in [-0.25, -0.2) is 0 Å². The largest absolute Gasteiger partial charge is 0.373 e. The van der Waals surface area contributed by atoms with Crippen molar-refractivity contribution in [1.29, 1.82) is 0 Å². The summed E-state index contributed by atoms with van der Waals surface area (Å²) in [5.41, 5.74) is 1.71. The predicted octanol–water partition coefficient (Wildman–Crippen LogP) is 0.487. The van der Waals surface area contributed by atoms with Crippen molar-refractivity contribution in [2.75, 3.05) is 31.1 Å². The minimum Gasteiger partial charge on any atom is -0.373 e. The number of morpholine rings is 1.